The van der Waals surface area contributed by atoms with Crippen LogP contribution in [0, 0.1) is 17.8 Å². The first-order valence-electron chi connectivity index (χ1n) is 20.0. The molecule has 1 aliphatic heterocycles. The first-order valence-corrected chi connectivity index (χ1v) is 20.9. The highest BCUT2D eigenvalue weighted by atomic mass is 32.2. The molecule has 1 saturated carbocycles. The number of hydrogen-bond donors (Lipinski definition) is 4. The van der Waals surface area contributed by atoms with Crippen LogP contribution < -0.4 is 29.6 Å². The number of nitrogens with zero attached hydrogens (tertiary/aromatic N) is 1. The number of carbonyl (C=O) groups excluding carboxylic acids is 2. The molecule has 0 spiro atoms. The molecule has 0 aromatic heterocycles. The smallest absolute Gasteiger partial charge is 0.417 e. The summed E-state index contributed by atoms with van der Waals surface area (Å²) in [6.45, 7) is 5.87. The van der Waals surface area contributed by atoms with Crippen LogP contribution in [0.3, 0.4) is 0 Å². The lowest BCUT2D eigenvalue weighted by Gasteiger charge is -2.58. The second-order valence-electron chi connectivity index (χ2n) is 14.8. The molecule has 14 heteroatoms. The summed E-state index contributed by atoms with van der Waals surface area (Å²) in [7, 11) is 4.61. The van der Waals surface area contributed by atoms with E-state index in [4.69, 9.17) is 28.5 Å². The van der Waals surface area contributed by atoms with E-state index in [1.807, 2.05) is 36.4 Å². The molecule has 2 aliphatic carbocycles. The molecule has 59 heavy (non-hydrogen) atoms. The largest absolute Gasteiger partial charge is 0.497 e. The van der Waals surface area contributed by atoms with Gasteiger partial charge < -0.3 is 44.1 Å². The van der Waals surface area contributed by atoms with Crippen molar-refractivity contribution >= 4 is 40.8 Å². The molecule has 13 nitrogen and oxygen atoms in total. The highest BCUT2D eigenvalue weighted by Crippen LogP contribution is 2.63. The molecule has 6 rings (SSSR count). The minimum absolute atomic E-state index is 0.0560. The molecule has 0 saturated heterocycles. The quantitative estimate of drug-likeness (QED) is 0.0521. The number of oxime groups is 1. The van der Waals surface area contributed by atoms with Gasteiger partial charge in [0.2, 0.25) is 11.7 Å². The molecule has 6 atom stereocenters. The first kappa shape index (κ1) is 43.6. The SMILES string of the molecule is C=CCOC12Oc3ccc(OC(=O)Nc4ccc(OC)cc4OC)cc3C3C(CCCCO)C(CCCCO)C=C(C(=NOC)CC1Sc1ccc(NC(C)=O)cc1)C32. The number of ether oxygens (including phenoxy) is 5. The van der Waals surface area contributed by atoms with Gasteiger partial charge in [0.05, 0.1) is 43.4 Å². The van der Waals surface area contributed by atoms with E-state index < -0.39 is 11.9 Å². The normalized spacial score (nSPS) is 23.5. The third kappa shape index (κ3) is 9.89. The van der Waals surface area contributed by atoms with Crippen LogP contribution in [0.2, 0.25) is 0 Å². The van der Waals surface area contributed by atoms with Gasteiger partial charge in [-0.25, -0.2) is 4.79 Å². The van der Waals surface area contributed by atoms with Gasteiger partial charge in [0.1, 0.15) is 30.1 Å². The maximum atomic E-state index is 13.4. The summed E-state index contributed by atoms with van der Waals surface area (Å²) < 4.78 is 30.9. The lowest BCUT2D eigenvalue weighted by molar-refractivity contribution is -0.223. The molecule has 0 radical (unpaired) electrons. The first-order chi connectivity index (χ1) is 28.7. The van der Waals surface area contributed by atoms with Crippen molar-refractivity contribution in [1.82, 2.24) is 0 Å². The van der Waals surface area contributed by atoms with E-state index in [2.05, 4.69) is 28.4 Å². The average molecular weight is 830 g/mol. The van der Waals surface area contributed by atoms with E-state index in [0.29, 0.717) is 53.6 Å². The number of nitrogens with one attached hydrogen (secondary N) is 2. The van der Waals surface area contributed by atoms with Gasteiger partial charge in [-0.3, -0.25) is 10.1 Å². The summed E-state index contributed by atoms with van der Waals surface area (Å²) in [5.74, 6) is 0.127. The standard InChI is InChI=1S/C45H55N3O10S/c1-6-23-56-45-41(59-33-17-13-30(14-18-33)46-28(2)51)27-38(48-55-5)35-24-29(11-7-9-21-49)34(12-8-10-22-50)42(43(35)45)36-25-32(16-20-39(36)58-45)57-44(52)47-37-19-15-31(53-3)26-40(37)54-4/h6,13-20,24-26,29,34,41-43,49-50H,1,7-12,21-23,27H2,2-5H3,(H,46,51)(H,47,52). The number of allylic oxidation sites excluding steroid dienone is 1. The van der Waals surface area contributed by atoms with Crippen LogP contribution in [-0.2, 0) is 14.4 Å². The van der Waals surface area contributed by atoms with Crippen molar-refractivity contribution in [2.24, 2.45) is 22.9 Å². The number of methoxy groups -OCH3 is 2. The molecule has 6 unspecified atom stereocenters. The lowest BCUT2D eigenvalue weighted by atomic mass is 9.56. The minimum atomic E-state index is -1.21. The molecular formula is C45H55N3O10S. The maximum absolute atomic E-state index is 13.4. The number of aliphatic hydroxyl groups is 2. The molecule has 2 amide bonds. The highest BCUT2D eigenvalue weighted by Gasteiger charge is 2.64. The van der Waals surface area contributed by atoms with E-state index in [-0.39, 0.29) is 54.6 Å². The maximum Gasteiger partial charge on any atom is 0.417 e. The third-order valence-corrected chi connectivity index (χ3v) is 12.5. The van der Waals surface area contributed by atoms with Crippen LogP contribution in [-0.4, -0.2) is 80.1 Å². The van der Waals surface area contributed by atoms with Crippen molar-refractivity contribution in [1.29, 1.82) is 0 Å². The van der Waals surface area contributed by atoms with Gasteiger partial charge in [-0.15, -0.1) is 18.3 Å². The predicted octanol–water partition coefficient (Wildman–Crippen LogP) is 8.33. The van der Waals surface area contributed by atoms with Crippen molar-refractivity contribution in [3.05, 3.63) is 90.5 Å². The van der Waals surface area contributed by atoms with E-state index in [1.165, 1.54) is 14.0 Å². The summed E-state index contributed by atoms with van der Waals surface area (Å²) in [5.41, 5.74) is 3.75. The van der Waals surface area contributed by atoms with Gasteiger partial charge in [-0.1, -0.05) is 30.1 Å². The van der Waals surface area contributed by atoms with E-state index >= 15 is 0 Å². The fourth-order valence-electron chi connectivity index (χ4n) is 8.73. The predicted molar refractivity (Wildman–Crippen MR) is 228 cm³/mol. The van der Waals surface area contributed by atoms with Gasteiger partial charge in [0, 0.05) is 54.7 Å². The van der Waals surface area contributed by atoms with Crippen LogP contribution >= 0.6 is 11.8 Å². The lowest BCUT2D eigenvalue weighted by Crippen LogP contribution is -2.64. The number of rotatable bonds is 19. The third-order valence-electron chi connectivity index (χ3n) is 11.1. The van der Waals surface area contributed by atoms with Crippen LogP contribution in [0.4, 0.5) is 16.2 Å². The molecular weight excluding hydrogens is 775 g/mol. The van der Waals surface area contributed by atoms with Crippen molar-refractivity contribution < 1.29 is 48.3 Å². The zero-order valence-electron chi connectivity index (χ0n) is 34.1. The van der Waals surface area contributed by atoms with Crippen LogP contribution in [0.5, 0.6) is 23.0 Å². The van der Waals surface area contributed by atoms with Gasteiger partial charge in [-0.05, 0) is 97.7 Å². The highest BCUT2D eigenvalue weighted by molar-refractivity contribution is 8.00. The van der Waals surface area contributed by atoms with E-state index in [9.17, 15) is 19.8 Å². The van der Waals surface area contributed by atoms with Gasteiger partial charge in [0.25, 0.3) is 0 Å². The average Bonchev–Trinajstić information content (AvgIpc) is 3.23. The Balaban J connectivity index is 1.47. The number of unbranched alkanes of at least 4 members (excludes halogenated alkanes) is 2. The van der Waals surface area contributed by atoms with Crippen LogP contribution in [0.15, 0.2) is 95.0 Å². The Labute approximate surface area is 350 Å². The van der Waals surface area contributed by atoms with Crippen LogP contribution in [0.25, 0.3) is 0 Å². The number of fused-ring (bicyclic) bond motifs is 2. The Kier molecular flexibility index (Phi) is 15.0. The summed E-state index contributed by atoms with van der Waals surface area (Å²) >= 11 is 1.61. The second kappa shape index (κ2) is 20.3. The number of anilines is 2. The fraction of sp³-hybridized carbons (Fsp3) is 0.444. The Morgan fingerprint density at radius 3 is 2.37 bits per heavy atom. The van der Waals surface area contributed by atoms with Crippen molar-refractivity contribution in [3.63, 3.8) is 0 Å². The van der Waals surface area contributed by atoms with Crippen molar-refractivity contribution in [2.75, 3.05) is 51.8 Å². The Hall–Kier alpha value is -5.02. The zero-order valence-corrected chi connectivity index (χ0v) is 34.9. The van der Waals surface area contributed by atoms with E-state index in [1.54, 1.807) is 56.3 Å². The summed E-state index contributed by atoms with van der Waals surface area (Å²) in [6, 6.07) is 18.2. The van der Waals surface area contributed by atoms with Crippen molar-refractivity contribution in [3.8, 4) is 23.0 Å². The molecule has 1 fully saturated rings. The fourth-order valence-corrected chi connectivity index (χ4v) is 10.0. The van der Waals surface area contributed by atoms with Gasteiger partial charge >= 0.3 is 6.09 Å². The summed E-state index contributed by atoms with van der Waals surface area (Å²) in [4.78, 5) is 31.7. The number of hydrogen-bond acceptors (Lipinski definition) is 12. The topological polar surface area (TPSA) is 166 Å². The molecule has 3 aliphatic rings. The summed E-state index contributed by atoms with van der Waals surface area (Å²) in [6.07, 6.45) is 8.37. The van der Waals surface area contributed by atoms with Crippen LogP contribution in [0.1, 0.15) is 63.4 Å². The molecule has 3 aromatic carbocycles. The Morgan fingerprint density at radius 2 is 1.69 bits per heavy atom. The van der Waals surface area contributed by atoms with Crippen molar-refractivity contribution in [2.45, 2.75) is 73.7 Å². The number of amides is 2. The van der Waals surface area contributed by atoms with Gasteiger partial charge in [-0.2, -0.15) is 0 Å². The van der Waals surface area contributed by atoms with E-state index in [0.717, 1.165) is 47.4 Å². The molecule has 1 heterocycles. The number of carbonyl (C=O) groups is 2. The minimum Gasteiger partial charge on any atom is -0.497 e. The summed E-state index contributed by atoms with van der Waals surface area (Å²) in [5, 5.41) is 29.6. The monoisotopic (exact) mass is 829 g/mol. The number of benzene rings is 3. The zero-order chi connectivity index (χ0) is 41.9. The Bertz CT molecular complexity index is 2010. The molecule has 316 valence electrons. The molecule has 0 bridgehead atoms. The molecule has 4 N–H and O–H groups in total. The van der Waals surface area contributed by atoms with Gasteiger partial charge in [0.15, 0.2) is 0 Å². The second-order valence-corrected chi connectivity index (χ2v) is 16.1. The molecule has 3 aromatic rings. The number of aliphatic hydroxyl groups excluding tert-OH is 2. The Morgan fingerprint density at radius 1 is 0.949 bits per heavy atom. The number of thioether (sulfide) groups is 1.